The number of furan rings is 1. The molecule has 0 spiro atoms. The van der Waals surface area contributed by atoms with Crippen LogP contribution < -0.4 is 5.32 Å². The van der Waals surface area contributed by atoms with E-state index in [1.54, 1.807) is 12.1 Å². The van der Waals surface area contributed by atoms with Crippen LogP contribution >= 0.6 is 11.6 Å². The summed E-state index contributed by atoms with van der Waals surface area (Å²) >= 11 is 6.08. The molecule has 11 heteroatoms. The van der Waals surface area contributed by atoms with Crippen LogP contribution in [0.1, 0.15) is 5.76 Å². The summed E-state index contributed by atoms with van der Waals surface area (Å²) in [5.41, 5.74) is 0.207. The number of sulfonamides is 1. The van der Waals surface area contributed by atoms with Gasteiger partial charge in [0, 0.05) is 24.9 Å². The number of hydrogen-bond acceptors (Lipinski definition) is 7. The Morgan fingerprint density at radius 2 is 2.00 bits per heavy atom. The summed E-state index contributed by atoms with van der Waals surface area (Å²) < 4.78 is 42.0. The Kier molecular flexibility index (Phi) is 7.27. The first-order valence-electron chi connectivity index (χ1n) is 8.92. The minimum Gasteiger partial charge on any atom is -0.465 e. The van der Waals surface area contributed by atoms with Crippen molar-refractivity contribution in [3.8, 4) is 0 Å². The van der Waals surface area contributed by atoms with Gasteiger partial charge in [-0.05, 0) is 36.4 Å². The van der Waals surface area contributed by atoms with Gasteiger partial charge >= 0.3 is 5.97 Å². The molecule has 0 atom stereocenters. The van der Waals surface area contributed by atoms with E-state index in [1.807, 2.05) is 0 Å². The molecule has 0 radical (unpaired) electrons. The average molecular weight is 455 g/mol. The summed E-state index contributed by atoms with van der Waals surface area (Å²) in [5, 5.41) is 2.52. The molecule has 30 heavy (non-hydrogen) atoms. The largest absolute Gasteiger partial charge is 0.465 e. The van der Waals surface area contributed by atoms with E-state index < -0.39 is 28.5 Å². The van der Waals surface area contributed by atoms with Gasteiger partial charge in [-0.15, -0.1) is 0 Å². The van der Waals surface area contributed by atoms with Crippen molar-refractivity contribution >= 4 is 45.3 Å². The third-order valence-electron chi connectivity index (χ3n) is 4.08. The van der Waals surface area contributed by atoms with Crippen LogP contribution in [0.3, 0.4) is 0 Å². The normalized spacial score (nSPS) is 15.2. The van der Waals surface area contributed by atoms with E-state index >= 15 is 0 Å². The average Bonchev–Trinajstić information content (AvgIpc) is 3.26. The molecule has 0 aliphatic carbocycles. The van der Waals surface area contributed by atoms with Crippen molar-refractivity contribution in [3.05, 3.63) is 53.5 Å². The zero-order chi connectivity index (χ0) is 21.6. The molecule has 9 nitrogen and oxygen atoms in total. The lowest BCUT2D eigenvalue weighted by atomic mass is 10.3. The highest BCUT2D eigenvalue weighted by Crippen LogP contribution is 2.28. The van der Waals surface area contributed by atoms with Crippen molar-refractivity contribution in [1.82, 2.24) is 4.31 Å². The summed E-state index contributed by atoms with van der Waals surface area (Å²) in [5.74, 6) is -0.897. The molecular formula is C19H19ClN2O7S. The second kappa shape index (κ2) is 9.90. The van der Waals surface area contributed by atoms with Gasteiger partial charge in [0.2, 0.25) is 10.0 Å². The Morgan fingerprint density at radius 3 is 2.70 bits per heavy atom. The fourth-order valence-electron chi connectivity index (χ4n) is 2.62. The van der Waals surface area contributed by atoms with Gasteiger partial charge in [0.25, 0.3) is 5.91 Å². The Balaban J connectivity index is 1.60. The smallest absolute Gasteiger partial charge is 0.331 e. The summed E-state index contributed by atoms with van der Waals surface area (Å²) in [4.78, 5) is 23.6. The zero-order valence-corrected chi connectivity index (χ0v) is 17.3. The number of anilines is 1. The van der Waals surface area contributed by atoms with Crippen LogP contribution in [0.4, 0.5) is 5.69 Å². The van der Waals surface area contributed by atoms with Crippen molar-refractivity contribution in [2.24, 2.45) is 0 Å². The quantitative estimate of drug-likeness (QED) is 0.503. The fourth-order valence-corrected chi connectivity index (χ4v) is 4.53. The van der Waals surface area contributed by atoms with E-state index in [0.717, 1.165) is 6.08 Å². The Bertz CT molecular complexity index is 1030. The first-order valence-corrected chi connectivity index (χ1v) is 10.7. The molecule has 1 aliphatic rings. The molecular weight excluding hydrogens is 436 g/mol. The number of morpholine rings is 1. The fraction of sp³-hybridized carbons (Fsp3) is 0.263. The summed E-state index contributed by atoms with van der Waals surface area (Å²) in [6, 6.07) is 7.42. The molecule has 3 rings (SSSR count). The molecule has 0 unspecified atom stereocenters. The van der Waals surface area contributed by atoms with Gasteiger partial charge < -0.3 is 19.2 Å². The molecule has 2 aromatic rings. The molecule has 0 bridgehead atoms. The summed E-state index contributed by atoms with van der Waals surface area (Å²) in [6.45, 7) is 0.489. The molecule has 1 aromatic carbocycles. The van der Waals surface area contributed by atoms with Crippen LogP contribution in [0.2, 0.25) is 5.02 Å². The molecule has 1 aromatic heterocycles. The lowest BCUT2D eigenvalue weighted by Crippen LogP contribution is -2.40. The number of nitrogens with zero attached hydrogens (tertiary/aromatic N) is 1. The SMILES string of the molecule is O=C(COC(=O)/C=C/c1ccco1)Nc1ccc(Cl)c(S(=O)(=O)N2CCOCC2)c1. The van der Waals surface area contributed by atoms with Gasteiger partial charge in [0.05, 0.1) is 24.5 Å². The molecule has 1 saturated heterocycles. The second-order valence-corrected chi connectivity index (χ2v) is 8.48. The topological polar surface area (TPSA) is 115 Å². The molecule has 1 amide bonds. The maximum absolute atomic E-state index is 12.8. The van der Waals surface area contributed by atoms with Crippen LogP contribution in [0.5, 0.6) is 0 Å². The number of benzene rings is 1. The van der Waals surface area contributed by atoms with E-state index in [2.05, 4.69) is 5.32 Å². The van der Waals surface area contributed by atoms with Crippen molar-refractivity contribution in [2.45, 2.75) is 4.90 Å². The predicted molar refractivity (Wildman–Crippen MR) is 108 cm³/mol. The molecule has 160 valence electrons. The van der Waals surface area contributed by atoms with Crippen molar-refractivity contribution in [2.75, 3.05) is 38.2 Å². The van der Waals surface area contributed by atoms with Gasteiger partial charge in [-0.2, -0.15) is 4.31 Å². The van der Waals surface area contributed by atoms with Crippen molar-refractivity contribution < 1.29 is 31.9 Å². The Hall–Kier alpha value is -2.66. The van der Waals surface area contributed by atoms with E-state index in [1.165, 1.54) is 34.8 Å². The van der Waals surface area contributed by atoms with Crippen LogP contribution in [0.25, 0.3) is 6.08 Å². The van der Waals surface area contributed by atoms with Crippen molar-refractivity contribution in [1.29, 1.82) is 0 Å². The van der Waals surface area contributed by atoms with Gasteiger partial charge in [-0.3, -0.25) is 4.79 Å². The number of nitrogens with one attached hydrogen (secondary N) is 1. The number of esters is 1. The van der Waals surface area contributed by atoms with Gasteiger partial charge in [0.15, 0.2) is 6.61 Å². The number of carbonyl (C=O) groups is 2. The molecule has 0 saturated carbocycles. The highest BCUT2D eigenvalue weighted by molar-refractivity contribution is 7.89. The first-order chi connectivity index (χ1) is 14.4. The highest BCUT2D eigenvalue weighted by Gasteiger charge is 2.28. The standard InChI is InChI=1S/C19H19ClN2O7S/c20-16-5-3-14(12-17(16)30(25,26)22-7-10-27-11-8-22)21-18(23)13-29-19(24)6-4-15-2-1-9-28-15/h1-6,9,12H,7-8,10-11,13H2,(H,21,23)/b6-4+. The van der Waals surface area contributed by atoms with E-state index in [9.17, 15) is 18.0 Å². The lowest BCUT2D eigenvalue weighted by molar-refractivity contribution is -0.142. The van der Waals surface area contributed by atoms with Crippen LogP contribution in [-0.4, -0.2) is 57.5 Å². The lowest BCUT2D eigenvalue weighted by Gasteiger charge is -2.26. The van der Waals surface area contributed by atoms with E-state index in [0.29, 0.717) is 19.0 Å². The Morgan fingerprint density at radius 1 is 1.23 bits per heavy atom. The Labute approximate surface area is 178 Å². The van der Waals surface area contributed by atoms with E-state index in [-0.39, 0.29) is 28.7 Å². The number of hydrogen-bond donors (Lipinski definition) is 1. The van der Waals surface area contributed by atoms with Crippen LogP contribution in [-0.2, 0) is 29.1 Å². The summed E-state index contributed by atoms with van der Waals surface area (Å²) in [6.07, 6.45) is 3.99. The third-order valence-corrected chi connectivity index (χ3v) is 6.46. The predicted octanol–water partition coefficient (Wildman–Crippen LogP) is 2.15. The number of amides is 1. The second-order valence-electron chi connectivity index (χ2n) is 6.17. The van der Waals surface area contributed by atoms with Crippen LogP contribution in [0, 0.1) is 0 Å². The number of rotatable bonds is 7. The maximum atomic E-state index is 12.8. The minimum atomic E-state index is -3.84. The number of halogens is 1. The van der Waals surface area contributed by atoms with Crippen LogP contribution in [0.15, 0.2) is 52.0 Å². The zero-order valence-electron chi connectivity index (χ0n) is 15.7. The van der Waals surface area contributed by atoms with Gasteiger partial charge in [-0.1, -0.05) is 11.6 Å². The summed E-state index contributed by atoms with van der Waals surface area (Å²) in [7, 11) is -3.84. The van der Waals surface area contributed by atoms with Gasteiger partial charge in [-0.25, -0.2) is 13.2 Å². The van der Waals surface area contributed by atoms with Crippen molar-refractivity contribution in [3.63, 3.8) is 0 Å². The maximum Gasteiger partial charge on any atom is 0.331 e. The molecule has 1 aliphatic heterocycles. The van der Waals surface area contributed by atoms with Gasteiger partial charge in [0.1, 0.15) is 10.7 Å². The molecule has 1 N–H and O–H groups in total. The van der Waals surface area contributed by atoms with E-state index in [4.69, 9.17) is 25.5 Å². The monoisotopic (exact) mass is 454 g/mol. The number of carbonyl (C=O) groups excluding carboxylic acids is 2. The first kappa shape index (κ1) is 22.0. The number of ether oxygens (including phenoxy) is 2. The highest BCUT2D eigenvalue weighted by atomic mass is 35.5. The molecule has 2 heterocycles. The minimum absolute atomic E-state index is 0.0361. The third kappa shape index (κ3) is 5.70. The molecule has 1 fully saturated rings.